The number of nitrogens with one attached hydrogen (secondary N) is 1. The summed E-state index contributed by atoms with van der Waals surface area (Å²) in [4.78, 5) is 24.7. The van der Waals surface area contributed by atoms with Crippen molar-refractivity contribution >= 4 is 17.6 Å². The zero-order valence-corrected chi connectivity index (χ0v) is 16.0. The normalized spacial score (nSPS) is 12.0. The van der Waals surface area contributed by atoms with E-state index < -0.39 is 18.5 Å². The van der Waals surface area contributed by atoms with Crippen molar-refractivity contribution in [1.29, 1.82) is 0 Å². The van der Waals surface area contributed by atoms with Gasteiger partial charge in [-0.1, -0.05) is 30.3 Å². The van der Waals surface area contributed by atoms with Gasteiger partial charge in [-0.3, -0.25) is 4.79 Å². The lowest BCUT2D eigenvalue weighted by Crippen LogP contribution is -2.21. The maximum absolute atomic E-state index is 12.5. The van der Waals surface area contributed by atoms with Crippen LogP contribution in [0.5, 0.6) is 23.0 Å². The number of esters is 1. The largest absolute Gasteiger partial charge is 0.486 e. The number of para-hydroxylation sites is 2. The van der Waals surface area contributed by atoms with Crippen LogP contribution in [-0.4, -0.2) is 31.7 Å². The molecule has 4 rings (SSSR count). The van der Waals surface area contributed by atoms with Crippen LogP contribution in [0.3, 0.4) is 0 Å². The zero-order chi connectivity index (χ0) is 20.8. The fourth-order valence-corrected chi connectivity index (χ4v) is 2.87. The molecule has 7 heteroatoms. The Labute approximate surface area is 173 Å². The highest BCUT2D eigenvalue weighted by Gasteiger charge is 2.17. The topological polar surface area (TPSA) is 83.1 Å². The number of anilines is 1. The van der Waals surface area contributed by atoms with Gasteiger partial charge in [-0.25, -0.2) is 4.79 Å². The number of carbonyl (C=O) groups is 2. The molecule has 0 saturated heterocycles. The summed E-state index contributed by atoms with van der Waals surface area (Å²) in [6, 6.07) is 20.9. The van der Waals surface area contributed by atoms with Gasteiger partial charge in [-0.2, -0.15) is 0 Å². The van der Waals surface area contributed by atoms with E-state index in [1.807, 2.05) is 18.2 Å². The fourth-order valence-electron chi connectivity index (χ4n) is 2.87. The summed E-state index contributed by atoms with van der Waals surface area (Å²) >= 11 is 0. The predicted octanol–water partition coefficient (Wildman–Crippen LogP) is 4.05. The molecule has 0 unspecified atom stereocenters. The molecular formula is C23H19NO6. The lowest BCUT2D eigenvalue weighted by Gasteiger charge is -2.19. The van der Waals surface area contributed by atoms with Crippen LogP contribution in [0.25, 0.3) is 0 Å². The van der Waals surface area contributed by atoms with Crippen molar-refractivity contribution < 1.29 is 28.5 Å². The molecule has 1 N–H and O–H groups in total. The summed E-state index contributed by atoms with van der Waals surface area (Å²) in [6.45, 7) is 0.504. The summed E-state index contributed by atoms with van der Waals surface area (Å²) in [5.41, 5.74) is 0.751. The van der Waals surface area contributed by atoms with Crippen molar-refractivity contribution in [3.8, 4) is 23.0 Å². The molecule has 7 nitrogen and oxygen atoms in total. The maximum Gasteiger partial charge on any atom is 0.342 e. The zero-order valence-electron chi connectivity index (χ0n) is 16.0. The van der Waals surface area contributed by atoms with E-state index in [0.717, 1.165) is 0 Å². The third-order valence-corrected chi connectivity index (χ3v) is 4.24. The molecule has 3 aromatic rings. The predicted molar refractivity (Wildman–Crippen MR) is 109 cm³/mol. The Morgan fingerprint density at radius 3 is 2.43 bits per heavy atom. The van der Waals surface area contributed by atoms with Crippen LogP contribution in [0.1, 0.15) is 10.4 Å². The molecule has 0 aliphatic carbocycles. The Morgan fingerprint density at radius 1 is 0.867 bits per heavy atom. The number of amides is 1. The van der Waals surface area contributed by atoms with E-state index in [2.05, 4.69) is 5.32 Å². The van der Waals surface area contributed by atoms with Gasteiger partial charge < -0.3 is 24.3 Å². The van der Waals surface area contributed by atoms with E-state index in [1.165, 1.54) is 0 Å². The number of rotatable bonds is 6. The molecule has 0 radical (unpaired) electrons. The SMILES string of the molecule is O=C(COC(=O)c1ccccc1Oc1ccccc1)Nc1ccc2c(c1)OCCO2. The number of fused-ring (bicyclic) bond motifs is 1. The molecule has 1 aliphatic heterocycles. The van der Waals surface area contributed by atoms with Crippen LogP contribution in [-0.2, 0) is 9.53 Å². The lowest BCUT2D eigenvalue weighted by molar-refractivity contribution is -0.119. The number of hydrogen-bond acceptors (Lipinski definition) is 6. The Morgan fingerprint density at radius 2 is 1.60 bits per heavy atom. The molecule has 0 aromatic heterocycles. The van der Waals surface area contributed by atoms with Gasteiger partial charge in [0.25, 0.3) is 5.91 Å². The van der Waals surface area contributed by atoms with Crippen LogP contribution in [0.15, 0.2) is 72.8 Å². The minimum absolute atomic E-state index is 0.230. The van der Waals surface area contributed by atoms with Gasteiger partial charge in [0.1, 0.15) is 30.3 Å². The molecule has 0 saturated carbocycles. The van der Waals surface area contributed by atoms with E-state index in [9.17, 15) is 9.59 Å². The molecule has 30 heavy (non-hydrogen) atoms. The molecular weight excluding hydrogens is 386 g/mol. The molecule has 0 spiro atoms. The van der Waals surface area contributed by atoms with E-state index in [-0.39, 0.29) is 5.56 Å². The number of benzene rings is 3. The first-order valence-corrected chi connectivity index (χ1v) is 9.37. The van der Waals surface area contributed by atoms with Gasteiger partial charge in [0.05, 0.1) is 0 Å². The first-order valence-electron chi connectivity index (χ1n) is 9.37. The summed E-state index contributed by atoms with van der Waals surface area (Å²) < 4.78 is 21.9. The Hall–Kier alpha value is -4.00. The Balaban J connectivity index is 1.36. The van der Waals surface area contributed by atoms with Crippen LogP contribution in [0, 0.1) is 0 Å². The van der Waals surface area contributed by atoms with Gasteiger partial charge in [0.2, 0.25) is 0 Å². The maximum atomic E-state index is 12.5. The van der Waals surface area contributed by atoms with Crippen LogP contribution in [0.4, 0.5) is 5.69 Å². The van der Waals surface area contributed by atoms with Crippen LogP contribution in [0.2, 0.25) is 0 Å². The molecule has 1 amide bonds. The van der Waals surface area contributed by atoms with Crippen LogP contribution < -0.4 is 19.5 Å². The third kappa shape index (κ3) is 4.70. The van der Waals surface area contributed by atoms with Crippen molar-refractivity contribution in [2.45, 2.75) is 0 Å². The smallest absolute Gasteiger partial charge is 0.342 e. The molecule has 0 bridgehead atoms. The minimum atomic E-state index is -0.654. The van der Waals surface area contributed by atoms with Crippen molar-refractivity contribution in [2.75, 3.05) is 25.1 Å². The fraction of sp³-hybridized carbons (Fsp3) is 0.130. The van der Waals surface area contributed by atoms with Gasteiger partial charge in [-0.05, 0) is 36.4 Å². The number of ether oxygens (including phenoxy) is 4. The quantitative estimate of drug-likeness (QED) is 0.623. The van der Waals surface area contributed by atoms with Gasteiger partial charge in [-0.15, -0.1) is 0 Å². The lowest BCUT2D eigenvalue weighted by atomic mass is 10.2. The number of hydrogen-bond donors (Lipinski definition) is 1. The third-order valence-electron chi connectivity index (χ3n) is 4.24. The average molecular weight is 405 g/mol. The minimum Gasteiger partial charge on any atom is -0.486 e. The van der Waals surface area contributed by atoms with Crippen molar-refractivity contribution in [3.05, 3.63) is 78.4 Å². The van der Waals surface area contributed by atoms with Crippen LogP contribution >= 0.6 is 0 Å². The van der Waals surface area contributed by atoms with Gasteiger partial charge in [0, 0.05) is 11.8 Å². The van der Waals surface area contributed by atoms with E-state index >= 15 is 0 Å². The van der Waals surface area contributed by atoms with Gasteiger partial charge >= 0.3 is 5.97 Å². The summed E-state index contributed by atoms with van der Waals surface area (Å²) in [5.74, 6) is 0.999. The Bertz CT molecular complexity index is 1050. The monoisotopic (exact) mass is 405 g/mol. The first kappa shape index (κ1) is 19.3. The van der Waals surface area contributed by atoms with E-state index in [1.54, 1.807) is 54.6 Å². The molecule has 0 atom stereocenters. The molecule has 1 aliphatic rings. The van der Waals surface area contributed by atoms with E-state index in [0.29, 0.717) is 41.9 Å². The second-order valence-electron chi connectivity index (χ2n) is 6.39. The van der Waals surface area contributed by atoms with Crippen molar-refractivity contribution in [1.82, 2.24) is 0 Å². The standard InChI is InChI=1S/C23H19NO6/c25-22(24-16-10-11-20-21(14-16)28-13-12-27-20)15-29-23(26)18-8-4-5-9-19(18)30-17-6-2-1-3-7-17/h1-11,14H,12-13,15H2,(H,24,25). The van der Waals surface area contributed by atoms with E-state index in [4.69, 9.17) is 18.9 Å². The van der Waals surface area contributed by atoms with Crippen molar-refractivity contribution in [2.24, 2.45) is 0 Å². The highest BCUT2D eigenvalue weighted by Crippen LogP contribution is 2.32. The first-order chi connectivity index (χ1) is 14.7. The summed E-state index contributed by atoms with van der Waals surface area (Å²) in [5, 5.41) is 2.67. The summed E-state index contributed by atoms with van der Waals surface area (Å²) in [7, 11) is 0. The summed E-state index contributed by atoms with van der Waals surface area (Å²) in [6.07, 6.45) is 0. The van der Waals surface area contributed by atoms with Gasteiger partial charge in [0.15, 0.2) is 18.1 Å². The Kier molecular flexibility index (Phi) is 5.80. The average Bonchev–Trinajstić information content (AvgIpc) is 2.78. The van der Waals surface area contributed by atoms with Crippen molar-refractivity contribution in [3.63, 3.8) is 0 Å². The highest BCUT2D eigenvalue weighted by molar-refractivity contribution is 5.97. The number of carbonyl (C=O) groups excluding carboxylic acids is 2. The second-order valence-corrected chi connectivity index (χ2v) is 6.39. The molecule has 0 fully saturated rings. The second kappa shape index (κ2) is 9.00. The molecule has 3 aromatic carbocycles. The molecule has 152 valence electrons. The molecule has 1 heterocycles. The highest BCUT2D eigenvalue weighted by atomic mass is 16.6.